The number of aromatic nitrogens is 1. The van der Waals surface area contributed by atoms with Gasteiger partial charge >= 0.3 is 0 Å². The van der Waals surface area contributed by atoms with E-state index in [0.717, 1.165) is 37.3 Å². The number of rotatable bonds is 6. The van der Waals surface area contributed by atoms with Crippen LogP contribution in [-0.4, -0.2) is 42.5 Å². The maximum atomic E-state index is 12.7. The third-order valence-electron chi connectivity index (χ3n) is 4.63. The maximum Gasteiger partial charge on any atom is 0.237 e. The number of anilines is 1. The van der Waals surface area contributed by atoms with Gasteiger partial charge in [0.25, 0.3) is 0 Å². The standard InChI is InChI=1S/C20H26N4O/c1-23(2)19-13-17(10-11-21-19)14-22-20(25)18-9-6-12-24(18)15-16-7-4-3-5-8-16/h3-5,7-8,10-11,13,18H,6,9,12,14-15H2,1-2H3,(H,22,25). The van der Waals surface area contributed by atoms with Crippen LogP contribution in [-0.2, 0) is 17.9 Å². The molecular formula is C20H26N4O. The average molecular weight is 338 g/mol. The third kappa shape index (κ3) is 4.57. The van der Waals surface area contributed by atoms with E-state index in [4.69, 9.17) is 0 Å². The van der Waals surface area contributed by atoms with E-state index in [-0.39, 0.29) is 11.9 Å². The number of hydrogen-bond acceptors (Lipinski definition) is 4. The Morgan fingerprint density at radius 1 is 1.24 bits per heavy atom. The first-order chi connectivity index (χ1) is 12.1. The van der Waals surface area contributed by atoms with Crippen molar-refractivity contribution >= 4 is 11.7 Å². The molecule has 1 aromatic heterocycles. The highest BCUT2D eigenvalue weighted by atomic mass is 16.2. The zero-order chi connectivity index (χ0) is 17.6. The first kappa shape index (κ1) is 17.4. The molecule has 3 rings (SSSR count). The summed E-state index contributed by atoms with van der Waals surface area (Å²) in [4.78, 5) is 21.2. The first-order valence-electron chi connectivity index (χ1n) is 8.81. The van der Waals surface area contributed by atoms with E-state index >= 15 is 0 Å². The minimum Gasteiger partial charge on any atom is -0.363 e. The zero-order valence-corrected chi connectivity index (χ0v) is 15.0. The van der Waals surface area contributed by atoms with E-state index in [1.807, 2.05) is 49.3 Å². The maximum absolute atomic E-state index is 12.7. The molecule has 2 aromatic rings. The Labute approximate surface area is 149 Å². The van der Waals surface area contributed by atoms with Gasteiger partial charge in [-0.3, -0.25) is 9.69 Å². The van der Waals surface area contributed by atoms with E-state index in [1.54, 1.807) is 6.20 Å². The third-order valence-corrected chi connectivity index (χ3v) is 4.63. The van der Waals surface area contributed by atoms with Crippen LogP contribution in [0.15, 0.2) is 48.7 Å². The van der Waals surface area contributed by atoms with Crippen LogP contribution >= 0.6 is 0 Å². The Balaban J connectivity index is 1.57. The zero-order valence-electron chi connectivity index (χ0n) is 15.0. The van der Waals surface area contributed by atoms with Gasteiger partial charge in [-0.2, -0.15) is 0 Å². The first-order valence-corrected chi connectivity index (χ1v) is 8.81. The van der Waals surface area contributed by atoms with Gasteiger partial charge in [-0.25, -0.2) is 4.98 Å². The van der Waals surface area contributed by atoms with Gasteiger partial charge in [0.15, 0.2) is 0 Å². The Morgan fingerprint density at radius 2 is 2.04 bits per heavy atom. The van der Waals surface area contributed by atoms with Gasteiger partial charge < -0.3 is 10.2 Å². The molecule has 1 saturated heterocycles. The normalized spacial score (nSPS) is 17.4. The van der Waals surface area contributed by atoms with E-state index in [1.165, 1.54) is 5.56 Å². The molecule has 1 fully saturated rings. The summed E-state index contributed by atoms with van der Waals surface area (Å²) in [6, 6.07) is 14.3. The minimum atomic E-state index is -0.0321. The Morgan fingerprint density at radius 3 is 2.80 bits per heavy atom. The highest BCUT2D eigenvalue weighted by Crippen LogP contribution is 2.20. The molecule has 5 nitrogen and oxygen atoms in total. The number of benzene rings is 1. The molecule has 0 radical (unpaired) electrons. The Kier molecular flexibility index (Phi) is 5.66. The van der Waals surface area contributed by atoms with Crippen molar-refractivity contribution in [2.75, 3.05) is 25.5 Å². The fourth-order valence-electron chi connectivity index (χ4n) is 3.25. The van der Waals surface area contributed by atoms with Crippen molar-refractivity contribution in [1.29, 1.82) is 0 Å². The summed E-state index contributed by atoms with van der Waals surface area (Å²) < 4.78 is 0. The lowest BCUT2D eigenvalue weighted by Gasteiger charge is -2.23. The Bertz CT molecular complexity index is 702. The summed E-state index contributed by atoms with van der Waals surface area (Å²) in [5.41, 5.74) is 2.33. The summed E-state index contributed by atoms with van der Waals surface area (Å²) in [5, 5.41) is 3.10. The van der Waals surface area contributed by atoms with Crippen LogP contribution in [0.3, 0.4) is 0 Å². The van der Waals surface area contributed by atoms with Crippen molar-refractivity contribution in [2.45, 2.75) is 32.0 Å². The van der Waals surface area contributed by atoms with Crippen molar-refractivity contribution in [2.24, 2.45) is 0 Å². The lowest BCUT2D eigenvalue weighted by molar-refractivity contribution is -0.125. The summed E-state index contributed by atoms with van der Waals surface area (Å²) in [6.45, 7) is 2.35. The lowest BCUT2D eigenvalue weighted by Crippen LogP contribution is -2.42. The monoisotopic (exact) mass is 338 g/mol. The van der Waals surface area contributed by atoms with Crippen LogP contribution in [0.1, 0.15) is 24.0 Å². The average Bonchev–Trinajstić information content (AvgIpc) is 3.09. The molecule has 2 heterocycles. The smallest absolute Gasteiger partial charge is 0.237 e. The summed E-state index contributed by atoms with van der Waals surface area (Å²) in [6.07, 6.45) is 3.79. The van der Waals surface area contributed by atoms with E-state index < -0.39 is 0 Å². The molecule has 132 valence electrons. The Hall–Kier alpha value is -2.40. The number of nitrogens with zero attached hydrogens (tertiary/aromatic N) is 3. The van der Waals surface area contributed by atoms with Gasteiger partial charge in [0.2, 0.25) is 5.91 Å². The van der Waals surface area contributed by atoms with Crippen molar-refractivity contribution in [3.63, 3.8) is 0 Å². The van der Waals surface area contributed by atoms with Crippen molar-refractivity contribution in [3.05, 3.63) is 59.8 Å². The predicted molar refractivity (Wildman–Crippen MR) is 100 cm³/mol. The number of amides is 1. The molecule has 0 spiro atoms. The van der Waals surface area contributed by atoms with Crippen LogP contribution in [0, 0.1) is 0 Å². The molecule has 5 heteroatoms. The number of carbonyl (C=O) groups is 1. The number of likely N-dealkylation sites (tertiary alicyclic amines) is 1. The predicted octanol–water partition coefficient (Wildman–Crippen LogP) is 2.43. The molecule has 25 heavy (non-hydrogen) atoms. The molecule has 1 aromatic carbocycles. The van der Waals surface area contributed by atoms with Crippen LogP contribution in [0.5, 0.6) is 0 Å². The highest BCUT2D eigenvalue weighted by molar-refractivity contribution is 5.82. The molecule has 1 aliphatic heterocycles. The molecule has 1 amide bonds. The van der Waals surface area contributed by atoms with Gasteiger partial charge in [-0.05, 0) is 42.6 Å². The lowest BCUT2D eigenvalue weighted by atomic mass is 10.1. The largest absolute Gasteiger partial charge is 0.363 e. The second-order valence-electron chi connectivity index (χ2n) is 6.75. The van der Waals surface area contributed by atoms with Crippen molar-refractivity contribution in [1.82, 2.24) is 15.2 Å². The number of pyridine rings is 1. The molecule has 0 aliphatic carbocycles. The van der Waals surface area contributed by atoms with Crippen LogP contribution in [0.25, 0.3) is 0 Å². The van der Waals surface area contributed by atoms with Crippen LogP contribution in [0.2, 0.25) is 0 Å². The van der Waals surface area contributed by atoms with E-state index in [2.05, 4.69) is 27.3 Å². The number of carbonyl (C=O) groups excluding carboxylic acids is 1. The molecule has 0 bridgehead atoms. The highest BCUT2D eigenvalue weighted by Gasteiger charge is 2.30. The summed E-state index contributed by atoms with van der Waals surface area (Å²) in [5.74, 6) is 1.02. The second-order valence-corrected chi connectivity index (χ2v) is 6.75. The molecule has 1 atom stereocenters. The van der Waals surface area contributed by atoms with Gasteiger partial charge in [-0.15, -0.1) is 0 Å². The van der Waals surface area contributed by atoms with Crippen molar-refractivity contribution in [3.8, 4) is 0 Å². The van der Waals surface area contributed by atoms with E-state index in [0.29, 0.717) is 6.54 Å². The summed E-state index contributed by atoms with van der Waals surface area (Å²) in [7, 11) is 3.93. The molecular weight excluding hydrogens is 312 g/mol. The molecule has 1 aliphatic rings. The van der Waals surface area contributed by atoms with Crippen LogP contribution in [0.4, 0.5) is 5.82 Å². The van der Waals surface area contributed by atoms with E-state index in [9.17, 15) is 4.79 Å². The fourth-order valence-corrected chi connectivity index (χ4v) is 3.25. The van der Waals surface area contributed by atoms with Crippen LogP contribution < -0.4 is 10.2 Å². The van der Waals surface area contributed by atoms with Gasteiger partial charge in [-0.1, -0.05) is 30.3 Å². The SMILES string of the molecule is CN(C)c1cc(CNC(=O)C2CCCN2Cc2ccccc2)ccn1. The van der Waals surface area contributed by atoms with Gasteiger partial charge in [0, 0.05) is 33.4 Å². The molecule has 1 N–H and O–H groups in total. The fraction of sp³-hybridized carbons (Fsp3) is 0.400. The van der Waals surface area contributed by atoms with Gasteiger partial charge in [0.05, 0.1) is 6.04 Å². The number of hydrogen-bond donors (Lipinski definition) is 1. The molecule has 1 unspecified atom stereocenters. The number of nitrogens with one attached hydrogen (secondary N) is 1. The quantitative estimate of drug-likeness (QED) is 0.879. The minimum absolute atomic E-state index is 0.0321. The summed E-state index contributed by atoms with van der Waals surface area (Å²) >= 11 is 0. The van der Waals surface area contributed by atoms with Crippen molar-refractivity contribution < 1.29 is 4.79 Å². The second kappa shape index (κ2) is 8.12. The molecule has 0 saturated carbocycles. The topological polar surface area (TPSA) is 48.5 Å². The van der Waals surface area contributed by atoms with Gasteiger partial charge in [0.1, 0.15) is 5.82 Å².